The van der Waals surface area contributed by atoms with E-state index in [1.54, 1.807) is 10.9 Å². The van der Waals surface area contributed by atoms with Crippen molar-refractivity contribution in [2.45, 2.75) is 6.54 Å². The van der Waals surface area contributed by atoms with Gasteiger partial charge in [-0.2, -0.15) is 5.10 Å². The number of nitrogens with two attached hydrogens (primary N) is 2. The van der Waals surface area contributed by atoms with Gasteiger partial charge in [0.25, 0.3) is 5.91 Å². The van der Waals surface area contributed by atoms with Gasteiger partial charge in [-0.05, 0) is 6.07 Å². The van der Waals surface area contributed by atoms with Crippen LogP contribution in [-0.4, -0.2) is 27.7 Å². The average Bonchev–Trinajstić information content (AvgIpc) is 2.74. The molecule has 7 nitrogen and oxygen atoms in total. The second-order valence-corrected chi connectivity index (χ2v) is 4.38. The van der Waals surface area contributed by atoms with E-state index in [2.05, 4.69) is 10.1 Å². The minimum absolute atomic E-state index is 0.311. The molecule has 0 saturated carbocycles. The van der Waals surface area contributed by atoms with Crippen molar-refractivity contribution >= 4 is 17.4 Å². The summed E-state index contributed by atoms with van der Waals surface area (Å²) in [6.07, 6.45) is 5.16. The number of anilines is 2. The lowest BCUT2D eigenvalue weighted by Crippen LogP contribution is -2.23. The Morgan fingerprint density at radius 3 is 2.79 bits per heavy atom. The van der Waals surface area contributed by atoms with E-state index in [0.717, 1.165) is 5.56 Å². The van der Waals surface area contributed by atoms with Crippen molar-refractivity contribution in [1.82, 2.24) is 14.8 Å². The summed E-state index contributed by atoms with van der Waals surface area (Å²) in [4.78, 5) is 17.4. The van der Waals surface area contributed by atoms with Crippen LogP contribution in [0.2, 0.25) is 0 Å². The van der Waals surface area contributed by atoms with Crippen LogP contribution in [0.1, 0.15) is 15.9 Å². The molecular weight excluding hydrogens is 244 g/mol. The average molecular weight is 260 g/mol. The Bertz CT molecular complexity index is 606. The summed E-state index contributed by atoms with van der Waals surface area (Å²) in [7, 11) is 3.68. The number of carbonyl (C=O) groups excluding carboxylic acids is 1. The topological polar surface area (TPSA) is 103 Å². The maximum atomic E-state index is 11.4. The molecule has 2 heterocycles. The summed E-state index contributed by atoms with van der Waals surface area (Å²) in [5.41, 5.74) is 12.7. The summed E-state index contributed by atoms with van der Waals surface area (Å²) in [6, 6.07) is 1.53. The number of nitrogens with zero attached hydrogens (tertiary/aromatic N) is 4. The second kappa shape index (κ2) is 4.97. The SMILES string of the molecule is CN(Cc1cnn(C)c1)c1ncc(N)cc1C(N)=O. The molecular formula is C12H16N6O. The van der Waals surface area contributed by atoms with Gasteiger partial charge >= 0.3 is 0 Å². The Kier molecular flexibility index (Phi) is 3.37. The number of carbonyl (C=O) groups is 1. The highest BCUT2D eigenvalue weighted by molar-refractivity contribution is 5.98. The normalized spacial score (nSPS) is 10.4. The zero-order valence-corrected chi connectivity index (χ0v) is 10.9. The number of nitrogen functional groups attached to an aromatic ring is 1. The molecule has 2 aromatic heterocycles. The van der Waals surface area contributed by atoms with Gasteiger partial charge < -0.3 is 16.4 Å². The zero-order valence-electron chi connectivity index (χ0n) is 10.9. The molecule has 0 unspecified atom stereocenters. The van der Waals surface area contributed by atoms with Crippen LogP contribution < -0.4 is 16.4 Å². The molecule has 19 heavy (non-hydrogen) atoms. The Balaban J connectivity index is 2.28. The standard InChI is InChI=1S/C12H16N6O/c1-17(6-8-4-16-18(2)7-8)12-10(11(14)19)3-9(13)5-15-12/h3-5,7H,6,13H2,1-2H3,(H2,14,19). The number of amides is 1. The predicted molar refractivity (Wildman–Crippen MR) is 72.5 cm³/mol. The van der Waals surface area contributed by atoms with Crippen molar-refractivity contribution in [1.29, 1.82) is 0 Å². The van der Waals surface area contributed by atoms with E-state index in [1.165, 1.54) is 12.3 Å². The monoisotopic (exact) mass is 260 g/mol. The number of pyridine rings is 1. The first-order valence-electron chi connectivity index (χ1n) is 5.71. The lowest BCUT2D eigenvalue weighted by molar-refractivity contribution is 0.100. The van der Waals surface area contributed by atoms with Crippen LogP contribution in [0, 0.1) is 0 Å². The molecule has 0 spiro atoms. The van der Waals surface area contributed by atoms with E-state index in [4.69, 9.17) is 11.5 Å². The third-order valence-corrected chi connectivity index (χ3v) is 2.69. The van der Waals surface area contributed by atoms with E-state index in [1.807, 2.05) is 25.2 Å². The largest absolute Gasteiger partial charge is 0.397 e. The molecule has 0 fully saturated rings. The number of hydrogen-bond acceptors (Lipinski definition) is 5. The van der Waals surface area contributed by atoms with Crippen molar-refractivity contribution in [3.63, 3.8) is 0 Å². The van der Waals surface area contributed by atoms with Crippen molar-refractivity contribution in [2.24, 2.45) is 12.8 Å². The van der Waals surface area contributed by atoms with E-state index < -0.39 is 5.91 Å². The Morgan fingerprint density at radius 2 is 2.21 bits per heavy atom. The second-order valence-electron chi connectivity index (χ2n) is 4.38. The van der Waals surface area contributed by atoms with Gasteiger partial charge in [-0.3, -0.25) is 9.48 Å². The third kappa shape index (κ3) is 2.82. The third-order valence-electron chi connectivity index (χ3n) is 2.69. The van der Waals surface area contributed by atoms with Gasteiger partial charge in [-0.1, -0.05) is 0 Å². The van der Waals surface area contributed by atoms with E-state index in [9.17, 15) is 4.79 Å². The first-order chi connectivity index (χ1) is 8.97. The van der Waals surface area contributed by atoms with Crippen LogP contribution in [0.4, 0.5) is 11.5 Å². The molecule has 0 aliphatic heterocycles. The first-order valence-corrected chi connectivity index (χ1v) is 5.71. The van der Waals surface area contributed by atoms with E-state index >= 15 is 0 Å². The number of hydrogen-bond donors (Lipinski definition) is 2. The zero-order chi connectivity index (χ0) is 14.0. The van der Waals surface area contributed by atoms with E-state index in [-0.39, 0.29) is 0 Å². The van der Waals surface area contributed by atoms with Crippen LogP contribution in [0.3, 0.4) is 0 Å². The molecule has 4 N–H and O–H groups in total. The van der Waals surface area contributed by atoms with Crippen LogP contribution in [0.25, 0.3) is 0 Å². The van der Waals surface area contributed by atoms with Crippen molar-refractivity contribution < 1.29 is 4.79 Å². The molecule has 0 aliphatic rings. The molecule has 0 atom stereocenters. The quantitative estimate of drug-likeness (QED) is 0.813. The number of aryl methyl sites for hydroxylation is 1. The van der Waals surface area contributed by atoms with Crippen LogP contribution in [0.5, 0.6) is 0 Å². The molecule has 0 aliphatic carbocycles. The maximum Gasteiger partial charge on any atom is 0.252 e. The molecule has 2 rings (SSSR count). The fraction of sp³-hybridized carbons (Fsp3) is 0.250. The predicted octanol–water partition coefficient (Wildman–Crippen LogP) is 0.133. The molecule has 1 amide bonds. The van der Waals surface area contributed by atoms with Gasteiger partial charge in [0.15, 0.2) is 0 Å². The molecule has 7 heteroatoms. The van der Waals surface area contributed by atoms with Crippen LogP contribution in [-0.2, 0) is 13.6 Å². The molecule has 0 bridgehead atoms. The van der Waals surface area contributed by atoms with Crippen LogP contribution in [0.15, 0.2) is 24.7 Å². The summed E-state index contributed by atoms with van der Waals surface area (Å²) in [5.74, 6) is -0.0432. The Morgan fingerprint density at radius 1 is 1.47 bits per heavy atom. The minimum Gasteiger partial charge on any atom is -0.397 e. The maximum absolute atomic E-state index is 11.4. The molecule has 0 radical (unpaired) electrons. The molecule has 0 aromatic carbocycles. The lowest BCUT2D eigenvalue weighted by atomic mass is 10.2. The minimum atomic E-state index is -0.548. The van der Waals surface area contributed by atoms with Crippen molar-refractivity contribution in [2.75, 3.05) is 17.7 Å². The van der Waals surface area contributed by atoms with Gasteiger partial charge in [-0.25, -0.2) is 4.98 Å². The van der Waals surface area contributed by atoms with Gasteiger partial charge in [0.2, 0.25) is 0 Å². The van der Waals surface area contributed by atoms with Gasteiger partial charge in [-0.15, -0.1) is 0 Å². The van der Waals surface area contributed by atoms with Crippen molar-refractivity contribution in [3.05, 3.63) is 35.8 Å². The lowest BCUT2D eigenvalue weighted by Gasteiger charge is -2.19. The summed E-state index contributed by atoms with van der Waals surface area (Å²) >= 11 is 0. The van der Waals surface area contributed by atoms with E-state index in [0.29, 0.717) is 23.6 Å². The molecule has 100 valence electrons. The Labute approximate surface area is 110 Å². The van der Waals surface area contributed by atoms with Gasteiger partial charge in [0.1, 0.15) is 5.82 Å². The smallest absolute Gasteiger partial charge is 0.252 e. The fourth-order valence-corrected chi connectivity index (χ4v) is 1.86. The summed E-state index contributed by atoms with van der Waals surface area (Å²) < 4.78 is 1.72. The highest BCUT2D eigenvalue weighted by Crippen LogP contribution is 2.20. The van der Waals surface area contributed by atoms with Gasteiger partial charge in [0.05, 0.1) is 23.6 Å². The summed E-state index contributed by atoms with van der Waals surface area (Å²) in [5, 5.41) is 4.09. The summed E-state index contributed by atoms with van der Waals surface area (Å²) in [6.45, 7) is 0.574. The van der Waals surface area contributed by atoms with Crippen LogP contribution >= 0.6 is 0 Å². The highest BCUT2D eigenvalue weighted by Gasteiger charge is 2.14. The highest BCUT2D eigenvalue weighted by atomic mass is 16.1. The molecule has 2 aromatic rings. The number of aromatic nitrogens is 3. The number of rotatable bonds is 4. The number of primary amides is 1. The molecule has 0 saturated heterocycles. The van der Waals surface area contributed by atoms with Gasteiger partial charge in [0, 0.05) is 32.4 Å². The Hall–Kier alpha value is -2.57. The van der Waals surface area contributed by atoms with Crippen molar-refractivity contribution in [3.8, 4) is 0 Å². The fourth-order valence-electron chi connectivity index (χ4n) is 1.86. The first kappa shape index (κ1) is 12.9.